The molecule has 0 spiro atoms. The summed E-state index contributed by atoms with van der Waals surface area (Å²) in [5.74, 6) is -0.0556. The van der Waals surface area contributed by atoms with Crippen molar-refractivity contribution < 1.29 is 9.72 Å². The summed E-state index contributed by atoms with van der Waals surface area (Å²) in [5.41, 5.74) is 1.36. The summed E-state index contributed by atoms with van der Waals surface area (Å²) < 4.78 is 0. The first-order valence-electron chi connectivity index (χ1n) is 4.55. The smallest absolute Gasteiger partial charge is 0.270 e. The molecule has 0 aliphatic heterocycles. The maximum atomic E-state index is 11.7. The van der Waals surface area contributed by atoms with Gasteiger partial charge in [0.05, 0.1) is 9.75 Å². The summed E-state index contributed by atoms with van der Waals surface area (Å²) >= 11 is 3.27. The highest BCUT2D eigenvalue weighted by molar-refractivity contribution is 9.10. The molecule has 1 aromatic carbocycles. The van der Waals surface area contributed by atoms with Crippen molar-refractivity contribution in [1.82, 2.24) is 0 Å². The molecule has 2 rings (SSSR count). The first-order chi connectivity index (χ1) is 7.09. The van der Waals surface area contributed by atoms with E-state index in [1.165, 1.54) is 12.1 Å². The number of aryl methyl sites for hydroxylation is 1. The summed E-state index contributed by atoms with van der Waals surface area (Å²) in [7, 11) is 0. The van der Waals surface area contributed by atoms with Crippen LogP contribution in [-0.4, -0.2) is 15.5 Å². The predicted molar refractivity (Wildman–Crippen MR) is 58.5 cm³/mol. The van der Waals surface area contributed by atoms with Crippen LogP contribution in [0.4, 0.5) is 5.69 Å². The number of benzene rings is 1. The zero-order valence-corrected chi connectivity index (χ0v) is 9.36. The second-order valence-electron chi connectivity index (χ2n) is 3.47. The molecule has 1 aliphatic carbocycles. The number of carbonyl (C=O) groups excluding carboxylic acids is 1. The van der Waals surface area contributed by atoms with Crippen LogP contribution in [0.1, 0.15) is 22.3 Å². The fourth-order valence-corrected chi connectivity index (χ4v) is 2.18. The molecule has 0 fully saturated rings. The maximum absolute atomic E-state index is 11.7. The quantitative estimate of drug-likeness (QED) is 0.447. The van der Waals surface area contributed by atoms with Crippen LogP contribution in [0.15, 0.2) is 18.2 Å². The van der Waals surface area contributed by atoms with E-state index in [9.17, 15) is 14.9 Å². The molecular weight excluding hydrogens is 262 g/mol. The van der Waals surface area contributed by atoms with Gasteiger partial charge < -0.3 is 0 Å². The van der Waals surface area contributed by atoms with Crippen molar-refractivity contribution in [3.8, 4) is 0 Å². The number of nitrogens with zero attached hydrogens (tertiary/aromatic N) is 1. The van der Waals surface area contributed by atoms with Crippen molar-refractivity contribution in [2.75, 3.05) is 0 Å². The lowest BCUT2D eigenvalue weighted by Gasteiger charge is -2.18. The van der Waals surface area contributed by atoms with Crippen LogP contribution in [0.25, 0.3) is 0 Å². The lowest BCUT2D eigenvalue weighted by molar-refractivity contribution is -0.384. The molecule has 0 saturated carbocycles. The molecule has 0 amide bonds. The molecule has 0 heterocycles. The van der Waals surface area contributed by atoms with Crippen LogP contribution >= 0.6 is 15.9 Å². The molecule has 15 heavy (non-hydrogen) atoms. The van der Waals surface area contributed by atoms with E-state index in [1.54, 1.807) is 6.07 Å². The van der Waals surface area contributed by atoms with Crippen molar-refractivity contribution in [1.29, 1.82) is 0 Å². The van der Waals surface area contributed by atoms with E-state index in [4.69, 9.17) is 0 Å². The van der Waals surface area contributed by atoms with Crippen LogP contribution in [0, 0.1) is 10.1 Å². The van der Waals surface area contributed by atoms with Crippen LogP contribution in [0.5, 0.6) is 0 Å². The number of hydrogen-bond acceptors (Lipinski definition) is 3. The fourth-order valence-electron chi connectivity index (χ4n) is 1.71. The first kappa shape index (κ1) is 10.3. The molecular formula is C10H8BrNO3. The average Bonchev–Trinajstić information content (AvgIpc) is 2.23. The normalized spacial score (nSPS) is 19.8. The van der Waals surface area contributed by atoms with Crippen LogP contribution < -0.4 is 0 Å². The van der Waals surface area contributed by atoms with E-state index in [1.807, 2.05) is 0 Å². The second-order valence-corrected chi connectivity index (χ2v) is 4.57. The number of alkyl halides is 1. The van der Waals surface area contributed by atoms with E-state index in [-0.39, 0.29) is 16.3 Å². The molecule has 0 N–H and O–H groups in total. The number of halogens is 1. The van der Waals surface area contributed by atoms with Gasteiger partial charge in [-0.15, -0.1) is 0 Å². The number of nitro groups is 1. The molecule has 0 radical (unpaired) electrons. The monoisotopic (exact) mass is 269 g/mol. The number of non-ortho nitro benzene ring substituents is 1. The Labute approximate surface area is 94.6 Å². The van der Waals surface area contributed by atoms with Crippen molar-refractivity contribution >= 4 is 27.4 Å². The van der Waals surface area contributed by atoms with Crippen molar-refractivity contribution in [2.45, 2.75) is 17.7 Å². The van der Waals surface area contributed by atoms with Crippen molar-refractivity contribution in [2.24, 2.45) is 0 Å². The topological polar surface area (TPSA) is 60.2 Å². The lowest BCUT2D eigenvalue weighted by atomic mass is 9.90. The molecule has 1 unspecified atom stereocenters. The highest BCUT2D eigenvalue weighted by atomic mass is 79.9. The Hall–Kier alpha value is -1.23. The molecule has 1 atom stereocenters. The van der Waals surface area contributed by atoms with Gasteiger partial charge in [-0.3, -0.25) is 14.9 Å². The minimum Gasteiger partial charge on any atom is -0.293 e. The Morgan fingerprint density at radius 2 is 2.20 bits per heavy atom. The SMILES string of the molecule is O=C1c2cc([N+](=O)[O-])ccc2CCC1Br. The van der Waals surface area contributed by atoms with Gasteiger partial charge in [-0.05, 0) is 18.4 Å². The molecule has 78 valence electrons. The number of nitro benzene ring substituents is 1. The molecule has 1 aromatic rings. The molecule has 1 aliphatic rings. The van der Waals surface area contributed by atoms with Crippen LogP contribution in [-0.2, 0) is 6.42 Å². The number of carbonyl (C=O) groups is 1. The third-order valence-electron chi connectivity index (χ3n) is 2.52. The summed E-state index contributed by atoms with van der Waals surface area (Å²) in [6.07, 6.45) is 1.54. The van der Waals surface area contributed by atoms with Gasteiger partial charge in [0.1, 0.15) is 0 Å². The molecule has 5 heteroatoms. The summed E-state index contributed by atoms with van der Waals surface area (Å²) in [6, 6.07) is 4.48. The van der Waals surface area contributed by atoms with E-state index in [2.05, 4.69) is 15.9 Å². The Morgan fingerprint density at radius 1 is 1.47 bits per heavy atom. The summed E-state index contributed by atoms with van der Waals surface area (Å²) in [5, 5.41) is 10.6. The van der Waals surface area contributed by atoms with Gasteiger partial charge in [0.2, 0.25) is 0 Å². The second kappa shape index (κ2) is 3.73. The van der Waals surface area contributed by atoms with Crippen molar-refractivity contribution in [3.63, 3.8) is 0 Å². The Morgan fingerprint density at radius 3 is 2.87 bits per heavy atom. The minimum atomic E-state index is -0.481. The van der Waals surface area contributed by atoms with E-state index in [0.29, 0.717) is 5.56 Å². The standard InChI is InChI=1S/C10H8BrNO3/c11-9-4-2-6-1-3-7(12(14)15)5-8(6)10(9)13/h1,3,5,9H,2,4H2. The number of ketones is 1. The molecule has 0 aromatic heterocycles. The number of hydrogen-bond donors (Lipinski definition) is 0. The number of Topliss-reactive ketones (excluding diaryl/α,β-unsaturated/α-hetero) is 1. The highest BCUT2D eigenvalue weighted by Crippen LogP contribution is 2.28. The van der Waals surface area contributed by atoms with Gasteiger partial charge in [-0.25, -0.2) is 0 Å². The van der Waals surface area contributed by atoms with Gasteiger partial charge in [-0.1, -0.05) is 22.0 Å². The Bertz CT molecular complexity index is 444. The van der Waals surface area contributed by atoms with Gasteiger partial charge in [0.15, 0.2) is 5.78 Å². The zero-order chi connectivity index (χ0) is 11.0. The van der Waals surface area contributed by atoms with Gasteiger partial charge in [-0.2, -0.15) is 0 Å². The van der Waals surface area contributed by atoms with Gasteiger partial charge in [0, 0.05) is 17.7 Å². The predicted octanol–water partition coefficient (Wildman–Crippen LogP) is 2.49. The number of fused-ring (bicyclic) bond motifs is 1. The minimum absolute atomic E-state index is 0.0244. The Balaban J connectivity index is 2.50. The summed E-state index contributed by atoms with van der Waals surface area (Å²) in [6.45, 7) is 0. The number of rotatable bonds is 1. The van der Waals surface area contributed by atoms with Crippen LogP contribution in [0.2, 0.25) is 0 Å². The van der Waals surface area contributed by atoms with E-state index in [0.717, 1.165) is 18.4 Å². The average molecular weight is 270 g/mol. The van der Waals surface area contributed by atoms with Gasteiger partial charge in [0.25, 0.3) is 5.69 Å². The lowest BCUT2D eigenvalue weighted by Crippen LogP contribution is -2.22. The molecule has 0 bridgehead atoms. The molecule has 0 saturated heterocycles. The zero-order valence-electron chi connectivity index (χ0n) is 7.77. The third kappa shape index (κ3) is 1.79. The summed E-state index contributed by atoms with van der Waals surface area (Å²) in [4.78, 5) is 21.6. The fraction of sp³-hybridized carbons (Fsp3) is 0.300. The maximum Gasteiger partial charge on any atom is 0.270 e. The van der Waals surface area contributed by atoms with E-state index < -0.39 is 4.92 Å². The van der Waals surface area contributed by atoms with Crippen LogP contribution in [0.3, 0.4) is 0 Å². The largest absolute Gasteiger partial charge is 0.293 e. The molecule has 4 nitrogen and oxygen atoms in total. The van der Waals surface area contributed by atoms with Crippen molar-refractivity contribution in [3.05, 3.63) is 39.4 Å². The third-order valence-corrected chi connectivity index (χ3v) is 3.40. The highest BCUT2D eigenvalue weighted by Gasteiger charge is 2.26. The first-order valence-corrected chi connectivity index (χ1v) is 5.47. The van der Waals surface area contributed by atoms with Gasteiger partial charge >= 0.3 is 0 Å². The Kier molecular flexibility index (Phi) is 2.56. The van der Waals surface area contributed by atoms with E-state index >= 15 is 0 Å².